The summed E-state index contributed by atoms with van der Waals surface area (Å²) in [7, 11) is 0. The molecular weight excluding hydrogens is 348 g/mol. The lowest BCUT2D eigenvalue weighted by atomic mass is 10.0. The fourth-order valence-corrected chi connectivity index (χ4v) is 4.73. The van der Waals surface area contributed by atoms with Gasteiger partial charge in [0, 0.05) is 4.88 Å². The summed E-state index contributed by atoms with van der Waals surface area (Å²) in [6.07, 6.45) is 3.08. The van der Waals surface area contributed by atoms with E-state index >= 15 is 0 Å². The van der Waals surface area contributed by atoms with Crippen LogP contribution >= 0.6 is 11.3 Å². The third-order valence-corrected chi connectivity index (χ3v) is 5.98. The summed E-state index contributed by atoms with van der Waals surface area (Å²) in [6.45, 7) is 5.79. The fraction of sp³-hybridized carbons (Fsp3) is 0.444. The second-order valence-corrected chi connectivity index (χ2v) is 8.10. The molecule has 2 aromatic rings. The molecule has 3 heterocycles. The average molecular weight is 368 g/mol. The van der Waals surface area contributed by atoms with Crippen LogP contribution in [0.1, 0.15) is 42.1 Å². The molecule has 0 bridgehead atoms. The first kappa shape index (κ1) is 16.8. The lowest BCUT2D eigenvalue weighted by Crippen LogP contribution is -2.43. The van der Waals surface area contributed by atoms with Gasteiger partial charge in [0.15, 0.2) is 11.6 Å². The van der Waals surface area contributed by atoms with Crippen LogP contribution in [0.5, 0.6) is 0 Å². The van der Waals surface area contributed by atoms with E-state index in [9.17, 15) is 10.1 Å². The van der Waals surface area contributed by atoms with Gasteiger partial charge < -0.3 is 16.0 Å². The van der Waals surface area contributed by atoms with E-state index in [-0.39, 0.29) is 17.9 Å². The molecule has 0 radical (unpaired) electrons. The van der Waals surface area contributed by atoms with Crippen LogP contribution in [0.15, 0.2) is 0 Å². The van der Waals surface area contributed by atoms with Crippen LogP contribution < -0.4 is 16.0 Å². The summed E-state index contributed by atoms with van der Waals surface area (Å²) in [6, 6.07) is 1.99. The van der Waals surface area contributed by atoms with Crippen molar-refractivity contribution in [3.63, 3.8) is 0 Å². The number of nitriles is 1. The van der Waals surface area contributed by atoms with Crippen molar-refractivity contribution in [2.24, 2.45) is 5.92 Å². The first-order valence-corrected chi connectivity index (χ1v) is 9.57. The van der Waals surface area contributed by atoms with Gasteiger partial charge in [-0.15, -0.1) is 11.3 Å². The van der Waals surface area contributed by atoms with Crippen LogP contribution in [0.4, 0.5) is 22.3 Å². The Morgan fingerprint density at radius 2 is 2.15 bits per heavy atom. The summed E-state index contributed by atoms with van der Waals surface area (Å²) in [4.78, 5) is 22.6. The SMILES string of the molecule is Cc1nc(Nc2sc3c(c2C#N)CCC3)c2c(n1)NC(C(C)C)C(=O)N2. The van der Waals surface area contributed by atoms with E-state index in [0.717, 1.165) is 29.8 Å². The van der Waals surface area contributed by atoms with E-state index < -0.39 is 0 Å². The molecule has 26 heavy (non-hydrogen) atoms. The number of nitrogens with zero attached hydrogens (tertiary/aromatic N) is 3. The Labute approximate surface area is 155 Å². The van der Waals surface area contributed by atoms with Crippen LogP contribution in [0, 0.1) is 24.2 Å². The average Bonchev–Trinajstić information content (AvgIpc) is 3.15. The van der Waals surface area contributed by atoms with Gasteiger partial charge in [-0.25, -0.2) is 9.97 Å². The molecule has 7 nitrogen and oxygen atoms in total. The number of thiophene rings is 1. The minimum atomic E-state index is -0.329. The van der Waals surface area contributed by atoms with Gasteiger partial charge >= 0.3 is 0 Å². The summed E-state index contributed by atoms with van der Waals surface area (Å²) in [5, 5.41) is 19.8. The van der Waals surface area contributed by atoms with Crippen LogP contribution in [0.2, 0.25) is 0 Å². The Bertz CT molecular complexity index is 942. The third kappa shape index (κ3) is 2.69. The highest BCUT2D eigenvalue weighted by Crippen LogP contribution is 2.42. The number of carbonyl (C=O) groups excluding carboxylic acids is 1. The summed E-state index contributed by atoms with van der Waals surface area (Å²) in [5.41, 5.74) is 2.39. The Morgan fingerprint density at radius 3 is 2.88 bits per heavy atom. The number of carbonyl (C=O) groups is 1. The van der Waals surface area contributed by atoms with Crippen LogP contribution in [-0.4, -0.2) is 21.9 Å². The maximum absolute atomic E-state index is 12.4. The lowest BCUT2D eigenvalue weighted by molar-refractivity contribution is -0.117. The molecule has 4 rings (SSSR count). The van der Waals surface area contributed by atoms with Gasteiger partial charge in [-0.05, 0) is 37.7 Å². The second-order valence-electron chi connectivity index (χ2n) is 7.00. The van der Waals surface area contributed by atoms with Crippen molar-refractivity contribution >= 4 is 39.6 Å². The molecule has 0 aromatic carbocycles. The normalized spacial score (nSPS) is 18.0. The van der Waals surface area contributed by atoms with Gasteiger partial charge in [0.1, 0.15) is 28.6 Å². The predicted octanol–water partition coefficient (Wildman–Crippen LogP) is 3.34. The number of fused-ring (bicyclic) bond motifs is 2. The molecule has 3 N–H and O–H groups in total. The van der Waals surface area contributed by atoms with Gasteiger partial charge in [0.25, 0.3) is 0 Å². The smallest absolute Gasteiger partial charge is 0.247 e. The standard InChI is InChI=1S/C18H20N6OS/c1-8(2)13-17(25)23-14-15(22-13)20-9(3)21-16(14)24-18-11(7-19)10-5-4-6-12(10)26-18/h8,13H,4-6H2,1-3H3,(H,23,25)(H2,20,21,22,24). The molecule has 2 aromatic heterocycles. The summed E-state index contributed by atoms with van der Waals surface area (Å²) >= 11 is 1.60. The molecule has 1 aliphatic carbocycles. The molecule has 1 aliphatic heterocycles. The monoisotopic (exact) mass is 368 g/mol. The number of rotatable bonds is 3. The van der Waals surface area contributed by atoms with Crippen molar-refractivity contribution in [3.05, 3.63) is 21.8 Å². The Morgan fingerprint density at radius 1 is 1.35 bits per heavy atom. The maximum atomic E-state index is 12.4. The number of aryl methyl sites for hydroxylation is 2. The van der Waals surface area contributed by atoms with Crippen LogP contribution in [0.3, 0.4) is 0 Å². The highest BCUT2D eigenvalue weighted by Gasteiger charge is 2.32. The van der Waals surface area contributed by atoms with E-state index in [2.05, 4.69) is 32.0 Å². The van der Waals surface area contributed by atoms with Gasteiger partial charge in [-0.2, -0.15) is 5.26 Å². The molecule has 0 saturated heterocycles. The molecule has 0 saturated carbocycles. The number of aromatic nitrogens is 2. The zero-order valence-electron chi connectivity index (χ0n) is 14.9. The number of nitrogens with one attached hydrogen (secondary N) is 3. The number of anilines is 4. The Hall–Kier alpha value is -2.66. The summed E-state index contributed by atoms with van der Waals surface area (Å²) in [5.74, 6) is 1.77. The van der Waals surface area contributed by atoms with Crippen LogP contribution in [-0.2, 0) is 17.6 Å². The van der Waals surface area contributed by atoms with Gasteiger partial charge in [0.2, 0.25) is 5.91 Å². The van der Waals surface area contributed by atoms with Crippen molar-refractivity contribution in [2.75, 3.05) is 16.0 Å². The first-order valence-electron chi connectivity index (χ1n) is 8.75. The third-order valence-electron chi connectivity index (χ3n) is 4.78. The molecule has 0 fully saturated rings. The quantitative estimate of drug-likeness (QED) is 0.768. The van der Waals surface area contributed by atoms with E-state index in [1.807, 2.05) is 20.8 Å². The Balaban J connectivity index is 1.73. The molecule has 1 unspecified atom stereocenters. The molecule has 8 heteroatoms. The van der Waals surface area contributed by atoms with Crippen molar-refractivity contribution in [1.82, 2.24) is 9.97 Å². The molecule has 1 atom stereocenters. The van der Waals surface area contributed by atoms with Crippen molar-refractivity contribution < 1.29 is 4.79 Å². The Kier molecular flexibility index (Phi) is 4.04. The van der Waals surface area contributed by atoms with Crippen molar-refractivity contribution in [1.29, 1.82) is 5.26 Å². The highest BCUT2D eigenvalue weighted by molar-refractivity contribution is 7.16. The van der Waals surface area contributed by atoms with Crippen molar-refractivity contribution in [3.8, 4) is 6.07 Å². The number of amides is 1. The zero-order valence-corrected chi connectivity index (χ0v) is 15.8. The van der Waals surface area contributed by atoms with Gasteiger partial charge in [-0.3, -0.25) is 4.79 Å². The minimum absolute atomic E-state index is 0.0998. The van der Waals surface area contributed by atoms with E-state index in [4.69, 9.17) is 0 Å². The number of hydrogen-bond donors (Lipinski definition) is 3. The van der Waals surface area contributed by atoms with Crippen molar-refractivity contribution in [2.45, 2.75) is 46.1 Å². The lowest BCUT2D eigenvalue weighted by Gasteiger charge is -2.29. The molecular formula is C18H20N6OS. The highest BCUT2D eigenvalue weighted by atomic mass is 32.1. The summed E-state index contributed by atoms with van der Waals surface area (Å²) < 4.78 is 0. The largest absolute Gasteiger partial charge is 0.356 e. The van der Waals surface area contributed by atoms with Crippen LogP contribution in [0.25, 0.3) is 0 Å². The second kappa shape index (κ2) is 6.25. The molecule has 2 aliphatic rings. The maximum Gasteiger partial charge on any atom is 0.247 e. The van der Waals surface area contributed by atoms with E-state index in [1.54, 1.807) is 11.3 Å². The van der Waals surface area contributed by atoms with E-state index in [1.165, 1.54) is 4.88 Å². The predicted molar refractivity (Wildman–Crippen MR) is 102 cm³/mol. The van der Waals surface area contributed by atoms with Gasteiger partial charge in [0.05, 0.1) is 5.56 Å². The molecule has 0 spiro atoms. The number of hydrogen-bond acceptors (Lipinski definition) is 7. The topological polar surface area (TPSA) is 103 Å². The minimum Gasteiger partial charge on any atom is -0.356 e. The zero-order chi connectivity index (χ0) is 18.4. The fourth-order valence-electron chi connectivity index (χ4n) is 3.49. The van der Waals surface area contributed by atoms with Gasteiger partial charge in [-0.1, -0.05) is 13.8 Å². The first-order chi connectivity index (χ1) is 12.5. The van der Waals surface area contributed by atoms with E-state index in [0.29, 0.717) is 28.7 Å². The molecule has 1 amide bonds. The molecule has 134 valence electrons.